The molecule has 5 nitrogen and oxygen atoms in total. The van der Waals surface area contributed by atoms with Gasteiger partial charge in [-0.3, -0.25) is 9.78 Å². The molecule has 1 heterocycles. The molecule has 0 saturated heterocycles. The van der Waals surface area contributed by atoms with Crippen LogP contribution < -0.4 is 10.6 Å². The fourth-order valence-electron chi connectivity index (χ4n) is 1.73. The molecule has 1 rings (SSSR count). The summed E-state index contributed by atoms with van der Waals surface area (Å²) in [7, 11) is 1.89. The average Bonchev–Trinajstić information content (AvgIpc) is 2.40. The maximum Gasteiger partial charge on any atom is 0.242 e. The van der Waals surface area contributed by atoms with Gasteiger partial charge in [-0.25, -0.2) is 0 Å². The molecule has 0 aromatic carbocycles. The molecular formula is C13H22N4O. The minimum atomic E-state index is 0.130. The number of carbonyl (C=O) groups is 1. The number of aromatic nitrogens is 1. The van der Waals surface area contributed by atoms with E-state index in [2.05, 4.69) is 4.98 Å². The fraction of sp³-hybridized carbons (Fsp3) is 0.538. The Balaban J connectivity index is 2.63. The number of anilines is 1. The van der Waals surface area contributed by atoms with Crippen molar-refractivity contribution >= 4 is 11.6 Å². The molecule has 0 aliphatic rings. The molecule has 0 saturated carbocycles. The number of nitrogens with zero attached hydrogens (tertiary/aromatic N) is 3. The van der Waals surface area contributed by atoms with Crippen molar-refractivity contribution in [3.63, 3.8) is 0 Å². The van der Waals surface area contributed by atoms with E-state index in [1.165, 1.54) is 0 Å². The molecule has 0 spiro atoms. The van der Waals surface area contributed by atoms with Gasteiger partial charge in [0.2, 0.25) is 5.91 Å². The van der Waals surface area contributed by atoms with E-state index in [1.54, 1.807) is 6.20 Å². The number of nitrogens with two attached hydrogens (primary N) is 1. The lowest BCUT2D eigenvalue weighted by Gasteiger charge is -2.24. The largest absolute Gasteiger partial charge is 0.364 e. The number of likely N-dealkylation sites (N-methyl/N-ethyl adjacent to an activating group) is 2. The van der Waals surface area contributed by atoms with Crippen molar-refractivity contribution < 1.29 is 4.79 Å². The van der Waals surface area contributed by atoms with Gasteiger partial charge in [-0.2, -0.15) is 0 Å². The molecule has 1 aromatic heterocycles. The normalized spacial score (nSPS) is 10.2. The summed E-state index contributed by atoms with van der Waals surface area (Å²) in [6, 6.07) is 3.82. The van der Waals surface area contributed by atoms with Crippen LogP contribution in [0.15, 0.2) is 18.3 Å². The summed E-state index contributed by atoms with van der Waals surface area (Å²) < 4.78 is 0. The highest BCUT2D eigenvalue weighted by atomic mass is 16.2. The van der Waals surface area contributed by atoms with Crippen molar-refractivity contribution in [3.05, 3.63) is 24.0 Å². The Morgan fingerprint density at radius 1 is 1.33 bits per heavy atom. The second-order valence-corrected chi connectivity index (χ2v) is 4.13. The Labute approximate surface area is 109 Å². The van der Waals surface area contributed by atoms with Gasteiger partial charge in [-0.1, -0.05) is 0 Å². The van der Waals surface area contributed by atoms with Gasteiger partial charge in [0.25, 0.3) is 0 Å². The van der Waals surface area contributed by atoms with E-state index >= 15 is 0 Å². The number of carbonyl (C=O) groups excluding carboxylic acids is 1. The molecule has 5 heteroatoms. The minimum absolute atomic E-state index is 0.130. The maximum absolute atomic E-state index is 12.0. The first-order valence-corrected chi connectivity index (χ1v) is 6.26. The topological polar surface area (TPSA) is 62.5 Å². The lowest BCUT2D eigenvalue weighted by atomic mass is 10.3. The first kappa shape index (κ1) is 14.4. The van der Waals surface area contributed by atoms with Crippen molar-refractivity contribution in [2.45, 2.75) is 20.4 Å². The van der Waals surface area contributed by atoms with Gasteiger partial charge in [0.05, 0.1) is 24.1 Å². The zero-order valence-corrected chi connectivity index (χ0v) is 11.4. The predicted octanol–water partition coefficient (Wildman–Crippen LogP) is 0.845. The number of pyridine rings is 1. The summed E-state index contributed by atoms with van der Waals surface area (Å²) in [5, 5.41) is 0. The minimum Gasteiger partial charge on any atom is -0.364 e. The lowest BCUT2D eigenvalue weighted by molar-refractivity contribution is -0.129. The fourth-order valence-corrected chi connectivity index (χ4v) is 1.73. The van der Waals surface area contributed by atoms with E-state index in [0.29, 0.717) is 13.1 Å². The first-order valence-electron chi connectivity index (χ1n) is 6.26. The average molecular weight is 250 g/mol. The monoisotopic (exact) mass is 250 g/mol. The molecular weight excluding hydrogens is 228 g/mol. The second-order valence-electron chi connectivity index (χ2n) is 4.13. The molecule has 2 N–H and O–H groups in total. The predicted molar refractivity (Wildman–Crippen MR) is 73.3 cm³/mol. The molecule has 1 amide bonds. The van der Waals surface area contributed by atoms with Gasteiger partial charge >= 0.3 is 0 Å². The molecule has 0 aliphatic heterocycles. The van der Waals surface area contributed by atoms with E-state index in [1.807, 2.05) is 42.8 Å². The van der Waals surface area contributed by atoms with Gasteiger partial charge in [0, 0.05) is 26.7 Å². The van der Waals surface area contributed by atoms with Crippen molar-refractivity contribution in [2.24, 2.45) is 5.73 Å². The third-order valence-electron chi connectivity index (χ3n) is 2.95. The van der Waals surface area contributed by atoms with Crippen molar-refractivity contribution in [1.29, 1.82) is 0 Å². The third-order valence-corrected chi connectivity index (χ3v) is 2.95. The van der Waals surface area contributed by atoms with Crippen LogP contribution in [0.1, 0.15) is 19.5 Å². The van der Waals surface area contributed by atoms with Crippen molar-refractivity contribution in [1.82, 2.24) is 9.88 Å². The van der Waals surface area contributed by atoms with Crippen LogP contribution in [-0.2, 0) is 11.3 Å². The van der Waals surface area contributed by atoms with E-state index in [4.69, 9.17) is 5.73 Å². The standard InChI is InChI=1S/C13H22N4O/c1-4-17(5-2)13(18)10-16(3)12-7-6-11(8-14)15-9-12/h6-7,9H,4-5,8,10,14H2,1-3H3. The zero-order chi connectivity index (χ0) is 13.5. The molecule has 1 aromatic rings. The molecule has 100 valence electrons. The Morgan fingerprint density at radius 3 is 2.44 bits per heavy atom. The Bertz CT molecular complexity index is 373. The van der Waals surface area contributed by atoms with Crippen molar-refractivity contribution in [3.8, 4) is 0 Å². The van der Waals surface area contributed by atoms with Gasteiger partial charge in [-0.15, -0.1) is 0 Å². The van der Waals surface area contributed by atoms with E-state index in [-0.39, 0.29) is 5.91 Å². The van der Waals surface area contributed by atoms with Gasteiger partial charge in [-0.05, 0) is 26.0 Å². The number of rotatable bonds is 6. The van der Waals surface area contributed by atoms with E-state index in [9.17, 15) is 4.79 Å². The summed E-state index contributed by atoms with van der Waals surface area (Å²) in [6.45, 7) is 6.26. The van der Waals surface area contributed by atoms with Crippen LogP contribution in [0, 0.1) is 0 Å². The summed E-state index contributed by atoms with van der Waals surface area (Å²) in [4.78, 5) is 19.9. The zero-order valence-electron chi connectivity index (χ0n) is 11.4. The molecule has 0 aliphatic carbocycles. The Hall–Kier alpha value is -1.62. The lowest BCUT2D eigenvalue weighted by Crippen LogP contribution is -2.38. The first-order chi connectivity index (χ1) is 8.62. The smallest absolute Gasteiger partial charge is 0.242 e. The van der Waals surface area contributed by atoms with Crippen LogP contribution >= 0.6 is 0 Å². The molecule has 0 radical (unpaired) electrons. The summed E-state index contributed by atoms with van der Waals surface area (Å²) in [5.41, 5.74) is 7.27. The molecule has 0 unspecified atom stereocenters. The summed E-state index contributed by atoms with van der Waals surface area (Å²) >= 11 is 0. The highest BCUT2D eigenvalue weighted by Gasteiger charge is 2.12. The van der Waals surface area contributed by atoms with Crippen molar-refractivity contribution in [2.75, 3.05) is 31.6 Å². The maximum atomic E-state index is 12.0. The Morgan fingerprint density at radius 2 is 2.00 bits per heavy atom. The van der Waals surface area contributed by atoms with Gasteiger partial charge < -0.3 is 15.5 Å². The van der Waals surface area contributed by atoms with Crippen LogP contribution in [0.25, 0.3) is 0 Å². The van der Waals surface area contributed by atoms with Gasteiger partial charge in [0.15, 0.2) is 0 Å². The highest BCUT2D eigenvalue weighted by molar-refractivity contribution is 5.81. The van der Waals surface area contributed by atoms with E-state index < -0.39 is 0 Å². The van der Waals surface area contributed by atoms with Gasteiger partial charge in [0.1, 0.15) is 0 Å². The quantitative estimate of drug-likeness (QED) is 0.813. The molecule has 18 heavy (non-hydrogen) atoms. The second kappa shape index (κ2) is 6.96. The SMILES string of the molecule is CCN(CC)C(=O)CN(C)c1ccc(CN)nc1. The highest BCUT2D eigenvalue weighted by Crippen LogP contribution is 2.11. The Kier molecular flexibility index (Phi) is 5.58. The molecule has 0 bridgehead atoms. The van der Waals surface area contributed by atoms with Crippen LogP contribution in [0.5, 0.6) is 0 Å². The summed E-state index contributed by atoms with van der Waals surface area (Å²) in [5.74, 6) is 0.130. The van der Waals surface area contributed by atoms with E-state index in [0.717, 1.165) is 24.5 Å². The molecule has 0 atom stereocenters. The van der Waals surface area contributed by atoms with Crippen LogP contribution in [-0.4, -0.2) is 42.5 Å². The van der Waals surface area contributed by atoms with Crippen LogP contribution in [0.2, 0.25) is 0 Å². The van der Waals surface area contributed by atoms with Crippen LogP contribution in [0.3, 0.4) is 0 Å². The number of hydrogen-bond donors (Lipinski definition) is 1. The number of hydrogen-bond acceptors (Lipinski definition) is 4. The molecule has 0 fully saturated rings. The van der Waals surface area contributed by atoms with Crippen LogP contribution in [0.4, 0.5) is 5.69 Å². The number of amides is 1. The summed E-state index contributed by atoms with van der Waals surface area (Å²) in [6.07, 6.45) is 1.75. The third kappa shape index (κ3) is 3.70.